The molecule has 0 fully saturated rings. The van der Waals surface area contributed by atoms with Crippen LogP contribution in [0, 0.1) is 157 Å². The first-order valence-corrected chi connectivity index (χ1v) is 24.8. The number of anilines is 2. The zero-order valence-corrected chi connectivity index (χ0v) is 37.7. The normalized spacial score (nSPS) is 9.27. The summed E-state index contributed by atoms with van der Waals surface area (Å²) in [6.07, 6.45) is 20.9. The number of aryl methyl sites for hydroxylation is 2. The fraction of sp³-hybridized carbons (Fsp3) is 0.0769. The molecular weight excluding hydrogens is 901 g/mol. The van der Waals surface area contributed by atoms with Crippen molar-refractivity contribution in [2.75, 3.05) is 5.32 Å². The Morgan fingerprint density at radius 1 is 0.483 bits per heavy atom. The van der Waals surface area contributed by atoms with Crippen LogP contribution in [0.25, 0.3) is 0 Å². The summed E-state index contributed by atoms with van der Waals surface area (Å²) in [6.45, 7) is 4.00. The molecule has 0 saturated carbocycles. The first kappa shape index (κ1) is 49.5. The van der Waals surface area contributed by atoms with Gasteiger partial charge in [-0.15, -0.1) is 25.7 Å². The van der Waals surface area contributed by atoms with E-state index in [0.717, 1.165) is 44.2 Å². The predicted molar refractivity (Wildman–Crippen MR) is 258 cm³/mol. The van der Waals surface area contributed by atoms with Gasteiger partial charge in [-0.05, 0) is 108 Å². The van der Waals surface area contributed by atoms with E-state index in [4.69, 9.17) is 56.5 Å². The molecule has 4 rings (SSSR count). The SMILES string of the molecule is C#CC#CC#C[PH+](C#CC#CC#C)c1cc(C)ccc1Nc1ccc(C)cc1[PH+](C#CC#CC#C)C#CC#CC#C.NC(c1ccccc1)C(N)c1ccccc1.[Cl][Ru+2][Cl]. The Hall–Kier alpha value is -6.62. The van der Waals surface area contributed by atoms with Crippen molar-refractivity contribution in [2.24, 2.45) is 11.5 Å². The summed E-state index contributed by atoms with van der Waals surface area (Å²) >= 11 is -0.346. The molecule has 8 heteroatoms. The Morgan fingerprint density at radius 2 is 0.783 bits per heavy atom. The summed E-state index contributed by atoms with van der Waals surface area (Å²) in [5.41, 5.74) is 30.9. The van der Waals surface area contributed by atoms with Gasteiger partial charge in [0.15, 0.2) is 15.8 Å². The molecule has 0 aliphatic rings. The van der Waals surface area contributed by atoms with Crippen LogP contribution < -0.4 is 27.4 Å². The first-order valence-electron chi connectivity index (χ1n) is 17.3. The van der Waals surface area contributed by atoms with E-state index in [2.05, 4.69) is 123 Å². The van der Waals surface area contributed by atoms with Gasteiger partial charge < -0.3 is 16.8 Å². The first-order chi connectivity index (χ1) is 29.2. The van der Waals surface area contributed by atoms with Crippen LogP contribution in [0.1, 0.15) is 34.3 Å². The van der Waals surface area contributed by atoms with Crippen molar-refractivity contribution in [1.29, 1.82) is 0 Å². The van der Waals surface area contributed by atoms with Crippen molar-refractivity contribution < 1.29 is 15.1 Å². The maximum absolute atomic E-state index is 6.15. The van der Waals surface area contributed by atoms with Gasteiger partial charge in [0, 0.05) is 59.4 Å². The number of rotatable bonds is 7. The van der Waals surface area contributed by atoms with E-state index in [9.17, 15) is 0 Å². The molecule has 2 atom stereocenters. The molecule has 4 aromatic carbocycles. The fourth-order valence-corrected chi connectivity index (χ4v) is 7.82. The van der Waals surface area contributed by atoms with Gasteiger partial charge >= 0.3 is 34.5 Å². The molecule has 0 saturated heterocycles. The summed E-state index contributed by atoms with van der Waals surface area (Å²) in [5, 5.41) is 5.43. The van der Waals surface area contributed by atoms with Crippen LogP contribution in [0.15, 0.2) is 97.1 Å². The molecule has 286 valence electrons. The second-order valence-corrected chi connectivity index (χ2v) is 17.7. The Labute approximate surface area is 374 Å². The number of nitrogens with one attached hydrogen (secondary N) is 1. The van der Waals surface area contributed by atoms with Crippen LogP contribution >= 0.6 is 35.2 Å². The second kappa shape index (κ2) is 30.5. The van der Waals surface area contributed by atoms with Crippen molar-refractivity contribution in [2.45, 2.75) is 25.9 Å². The van der Waals surface area contributed by atoms with Crippen molar-refractivity contribution in [3.05, 3.63) is 119 Å². The van der Waals surface area contributed by atoms with Gasteiger partial charge in [-0.3, -0.25) is 0 Å². The molecule has 0 aliphatic heterocycles. The minimum atomic E-state index is -1.78. The molecule has 0 aliphatic carbocycles. The number of hydrogen-bond donors (Lipinski definition) is 3. The Balaban J connectivity index is 0.000000535. The van der Waals surface area contributed by atoms with Gasteiger partial charge in [0.1, 0.15) is 33.3 Å². The molecule has 60 heavy (non-hydrogen) atoms. The molecule has 2 unspecified atom stereocenters. The molecule has 5 N–H and O–H groups in total. The van der Waals surface area contributed by atoms with Crippen molar-refractivity contribution in [1.82, 2.24) is 0 Å². The summed E-state index contributed by atoms with van der Waals surface area (Å²) in [4.78, 5) is 0. The number of terminal acetylenes is 4. The Kier molecular flexibility index (Phi) is 25.1. The molecule has 3 nitrogen and oxygen atoms in total. The summed E-state index contributed by atoms with van der Waals surface area (Å²) in [7, 11) is 6.14. The molecule has 0 amide bonds. The zero-order valence-electron chi connectivity index (χ0n) is 32.5. The van der Waals surface area contributed by atoms with E-state index >= 15 is 0 Å². The van der Waals surface area contributed by atoms with Crippen molar-refractivity contribution in [3.8, 4) is 143 Å². The van der Waals surface area contributed by atoms with E-state index in [0.29, 0.717) is 0 Å². The molecular formula is C52H35Cl2N3P2Ru+4. The van der Waals surface area contributed by atoms with Gasteiger partial charge in [0.2, 0.25) is 0 Å². The number of benzene rings is 4. The van der Waals surface area contributed by atoms with Gasteiger partial charge in [0.25, 0.3) is 0 Å². The number of halogens is 2. The Bertz CT molecular complexity index is 2510. The summed E-state index contributed by atoms with van der Waals surface area (Å²) in [6, 6.07) is 31.7. The quantitative estimate of drug-likeness (QED) is 0.101. The molecule has 0 bridgehead atoms. The molecule has 0 aromatic heterocycles. The van der Waals surface area contributed by atoms with Gasteiger partial charge in [0.05, 0.1) is 11.4 Å². The molecule has 0 radical (unpaired) electrons. The molecule has 0 heterocycles. The van der Waals surface area contributed by atoms with Crippen molar-refractivity contribution in [3.63, 3.8) is 0 Å². The topological polar surface area (TPSA) is 64.1 Å². The standard InChI is InChI=1S/C38H17NP2.C14H16N2.2ClH.Ru/c1-7-11-15-19-27-40(28-20-16-12-8-2)37-31-33(5)23-25-35(37)39-36-26-24-34(6)32-38(36)41(29-21-17-13-9-3)30-22-18-14-10-4;15-13(11-7-3-1-4-8-11)14(16)12-9-5-2-6-10-12;;;/h1-4,23-26,31-32,39H,5-6H3;1-10,13-14H,15-16H2;2*1H;/q;;;;+4. The van der Waals surface area contributed by atoms with E-state index in [1.165, 1.54) is 0 Å². The second-order valence-electron chi connectivity index (χ2n) is 11.5. The van der Waals surface area contributed by atoms with Crippen LogP contribution in [0.4, 0.5) is 11.4 Å². The van der Waals surface area contributed by atoms with Crippen LogP contribution in [-0.4, -0.2) is 0 Å². The number of hydrogen-bond acceptors (Lipinski definition) is 3. The fourth-order valence-electron chi connectivity index (χ4n) is 4.83. The van der Waals surface area contributed by atoms with Gasteiger partial charge in [-0.2, -0.15) is 0 Å². The summed E-state index contributed by atoms with van der Waals surface area (Å²) < 4.78 is 0. The average Bonchev–Trinajstić information content (AvgIpc) is 3.27. The third-order valence-electron chi connectivity index (χ3n) is 7.45. The van der Waals surface area contributed by atoms with Gasteiger partial charge in [-0.1, -0.05) is 72.8 Å². The van der Waals surface area contributed by atoms with E-state index in [1.807, 2.05) is 111 Å². The monoisotopic (exact) mass is 935 g/mol. The molecule has 4 aromatic rings. The van der Waals surface area contributed by atoms with Crippen LogP contribution in [0.3, 0.4) is 0 Å². The Morgan fingerprint density at radius 3 is 1.07 bits per heavy atom. The third kappa shape index (κ3) is 18.8. The average molecular weight is 936 g/mol. The third-order valence-corrected chi connectivity index (χ3v) is 10.9. The maximum atomic E-state index is 6.15. The van der Waals surface area contributed by atoms with E-state index in [1.54, 1.807) is 0 Å². The molecule has 0 spiro atoms. The predicted octanol–water partition coefficient (Wildman–Crippen LogP) is 7.88. The van der Waals surface area contributed by atoms with E-state index in [-0.39, 0.29) is 27.2 Å². The van der Waals surface area contributed by atoms with Crippen LogP contribution in [0.2, 0.25) is 0 Å². The minimum absolute atomic E-state index is 0.163. The van der Waals surface area contributed by atoms with Gasteiger partial charge in [-0.25, -0.2) is 0 Å². The number of nitrogens with two attached hydrogens (primary N) is 2. The van der Waals surface area contributed by atoms with Crippen LogP contribution in [-0.2, 0) is 15.1 Å². The van der Waals surface area contributed by atoms with Crippen LogP contribution in [0.5, 0.6) is 0 Å². The summed E-state index contributed by atoms with van der Waals surface area (Å²) in [5.74, 6) is 41.0. The zero-order chi connectivity index (χ0) is 43.8. The van der Waals surface area contributed by atoms with Crippen molar-refractivity contribution >= 4 is 57.2 Å². The van der Waals surface area contributed by atoms with E-state index < -0.39 is 15.8 Å².